The summed E-state index contributed by atoms with van der Waals surface area (Å²) >= 11 is 0. The standard InChI is InChI=1S/C20H27O13P/c1-5-28-34(25,29-6-2)11-14(18(22)27-10-16-13(4)31-20(24)33-16)7-8-17(21)26-9-15-12(3)30-19(23)32-15/h14H,5-11H2,1-4H3. The SMILES string of the molecule is CCOP(=O)(CC(CCC(=O)OCc1oc(=O)oc1C)C(=O)OCc1oc(=O)oc1C)OCC. The second-order valence-electron chi connectivity index (χ2n) is 7.00. The Kier molecular flexibility index (Phi) is 10.1. The molecule has 0 aromatic carbocycles. The average Bonchev–Trinajstić information content (AvgIpc) is 3.26. The van der Waals surface area contributed by atoms with E-state index in [1.807, 2.05) is 0 Å². The van der Waals surface area contributed by atoms with Crippen molar-refractivity contribution in [3.05, 3.63) is 44.3 Å². The Balaban J connectivity index is 2.04. The van der Waals surface area contributed by atoms with Crippen molar-refractivity contribution in [2.24, 2.45) is 5.92 Å². The van der Waals surface area contributed by atoms with Crippen molar-refractivity contribution in [3.63, 3.8) is 0 Å². The summed E-state index contributed by atoms with van der Waals surface area (Å²) in [5.41, 5.74) is 0. The number of carbonyl (C=O) groups excluding carboxylic acids is 2. The normalized spacial score (nSPS) is 12.5. The first-order chi connectivity index (χ1) is 16.1. The molecule has 13 nitrogen and oxygen atoms in total. The van der Waals surface area contributed by atoms with Crippen molar-refractivity contribution < 1.29 is 50.3 Å². The molecule has 2 aromatic rings. The molecule has 0 aliphatic carbocycles. The molecule has 0 radical (unpaired) electrons. The zero-order valence-corrected chi connectivity index (χ0v) is 20.2. The molecule has 0 bridgehead atoms. The molecule has 2 heterocycles. The smallest absolute Gasteiger partial charge is 0.457 e. The third-order valence-electron chi connectivity index (χ3n) is 4.51. The largest absolute Gasteiger partial charge is 0.519 e. The quantitative estimate of drug-likeness (QED) is 0.270. The van der Waals surface area contributed by atoms with Gasteiger partial charge in [-0.25, -0.2) is 9.59 Å². The predicted molar refractivity (Wildman–Crippen MR) is 112 cm³/mol. The van der Waals surface area contributed by atoms with Gasteiger partial charge in [0.15, 0.2) is 36.3 Å². The third kappa shape index (κ3) is 8.15. The highest BCUT2D eigenvalue weighted by atomic mass is 31.2. The van der Waals surface area contributed by atoms with Crippen LogP contribution in [0.5, 0.6) is 0 Å². The van der Waals surface area contributed by atoms with Crippen molar-refractivity contribution in [2.45, 2.75) is 53.8 Å². The highest BCUT2D eigenvalue weighted by Gasteiger charge is 2.34. The minimum atomic E-state index is -3.66. The fourth-order valence-electron chi connectivity index (χ4n) is 2.87. The van der Waals surface area contributed by atoms with Gasteiger partial charge in [0.25, 0.3) is 0 Å². The molecule has 0 amide bonds. The molecule has 2 aromatic heterocycles. The molecule has 0 aliphatic rings. The van der Waals surface area contributed by atoms with Crippen LogP contribution in [0.2, 0.25) is 0 Å². The van der Waals surface area contributed by atoms with E-state index in [2.05, 4.69) is 4.42 Å². The van der Waals surface area contributed by atoms with Crippen LogP contribution in [0, 0.1) is 19.8 Å². The lowest BCUT2D eigenvalue weighted by Crippen LogP contribution is -2.24. The summed E-state index contributed by atoms with van der Waals surface area (Å²) in [6.45, 7) is 5.61. The van der Waals surface area contributed by atoms with E-state index in [-0.39, 0.29) is 61.9 Å². The van der Waals surface area contributed by atoms with Gasteiger partial charge in [-0.05, 0) is 34.1 Å². The van der Waals surface area contributed by atoms with Crippen LogP contribution in [0.3, 0.4) is 0 Å². The Morgan fingerprint density at radius 2 is 1.35 bits per heavy atom. The van der Waals surface area contributed by atoms with Gasteiger partial charge < -0.3 is 36.2 Å². The zero-order valence-electron chi connectivity index (χ0n) is 19.3. The summed E-state index contributed by atoms with van der Waals surface area (Å²) in [7, 11) is -3.66. The molecule has 0 saturated heterocycles. The van der Waals surface area contributed by atoms with Gasteiger partial charge in [0.05, 0.1) is 25.3 Å². The molecule has 14 heteroatoms. The average molecular weight is 506 g/mol. The molecular formula is C20H27O13P. The number of rotatable bonds is 14. The maximum Gasteiger partial charge on any atom is 0.519 e. The van der Waals surface area contributed by atoms with E-state index in [4.69, 9.17) is 31.8 Å². The van der Waals surface area contributed by atoms with Gasteiger partial charge in [0.2, 0.25) is 0 Å². The first-order valence-corrected chi connectivity index (χ1v) is 12.2. The van der Waals surface area contributed by atoms with Gasteiger partial charge in [-0.2, -0.15) is 0 Å². The molecule has 2 rings (SSSR count). The lowest BCUT2D eigenvalue weighted by molar-refractivity contribution is -0.151. The molecule has 34 heavy (non-hydrogen) atoms. The van der Waals surface area contributed by atoms with E-state index in [1.54, 1.807) is 13.8 Å². The summed E-state index contributed by atoms with van der Waals surface area (Å²) in [4.78, 5) is 47.2. The zero-order chi connectivity index (χ0) is 25.3. The molecule has 1 atom stereocenters. The number of hydrogen-bond donors (Lipinski definition) is 0. The van der Waals surface area contributed by atoms with Crippen molar-refractivity contribution in [1.29, 1.82) is 0 Å². The first-order valence-electron chi connectivity index (χ1n) is 10.5. The molecule has 0 N–H and O–H groups in total. The van der Waals surface area contributed by atoms with E-state index >= 15 is 0 Å². The van der Waals surface area contributed by atoms with Crippen LogP contribution < -0.4 is 11.6 Å². The first kappa shape index (κ1) is 27.4. The van der Waals surface area contributed by atoms with Crippen molar-refractivity contribution >= 4 is 19.5 Å². The summed E-state index contributed by atoms with van der Waals surface area (Å²) < 4.78 is 52.6. The van der Waals surface area contributed by atoms with Crippen LogP contribution in [0.15, 0.2) is 27.3 Å². The lowest BCUT2D eigenvalue weighted by Gasteiger charge is -2.22. The van der Waals surface area contributed by atoms with Crippen molar-refractivity contribution in [2.75, 3.05) is 19.4 Å². The topological polar surface area (TPSA) is 175 Å². The number of carbonyl (C=O) groups is 2. The van der Waals surface area contributed by atoms with Crippen LogP contribution in [0.1, 0.15) is 49.7 Å². The summed E-state index contributed by atoms with van der Waals surface area (Å²) in [5.74, 6) is -4.05. The predicted octanol–water partition coefficient (Wildman–Crippen LogP) is 2.84. The third-order valence-corrected chi connectivity index (χ3v) is 6.70. The molecule has 0 aliphatic heterocycles. The van der Waals surface area contributed by atoms with Crippen LogP contribution in [0.4, 0.5) is 0 Å². The van der Waals surface area contributed by atoms with E-state index in [9.17, 15) is 23.7 Å². The maximum absolute atomic E-state index is 13.0. The number of esters is 2. The highest BCUT2D eigenvalue weighted by molar-refractivity contribution is 7.53. The Morgan fingerprint density at radius 1 is 0.853 bits per heavy atom. The number of aryl methyl sites for hydroxylation is 2. The van der Waals surface area contributed by atoms with Crippen LogP contribution in [-0.2, 0) is 45.9 Å². The number of ether oxygens (including phenoxy) is 2. The van der Waals surface area contributed by atoms with Gasteiger partial charge >= 0.3 is 31.2 Å². The Morgan fingerprint density at radius 3 is 1.79 bits per heavy atom. The fourth-order valence-corrected chi connectivity index (χ4v) is 4.81. The van der Waals surface area contributed by atoms with Gasteiger partial charge in [-0.3, -0.25) is 14.2 Å². The van der Waals surface area contributed by atoms with E-state index < -0.39 is 43.7 Å². The highest BCUT2D eigenvalue weighted by Crippen LogP contribution is 2.50. The van der Waals surface area contributed by atoms with Crippen molar-refractivity contribution in [3.8, 4) is 0 Å². The molecule has 0 spiro atoms. The minimum absolute atomic E-state index is 0.0197. The molecule has 0 fully saturated rings. The fraction of sp³-hybridized carbons (Fsp3) is 0.600. The Labute approximate surface area is 193 Å². The summed E-state index contributed by atoms with van der Waals surface area (Å²) in [6.07, 6.45) is -0.700. The Bertz CT molecular complexity index is 1110. The van der Waals surface area contributed by atoms with Crippen LogP contribution >= 0.6 is 7.60 Å². The van der Waals surface area contributed by atoms with Crippen LogP contribution in [-0.4, -0.2) is 31.3 Å². The van der Waals surface area contributed by atoms with Gasteiger partial charge in [-0.1, -0.05) is 0 Å². The van der Waals surface area contributed by atoms with E-state index in [1.165, 1.54) is 13.8 Å². The second-order valence-corrected chi connectivity index (χ2v) is 9.10. The molecular weight excluding hydrogens is 479 g/mol. The molecule has 190 valence electrons. The van der Waals surface area contributed by atoms with Crippen LogP contribution in [0.25, 0.3) is 0 Å². The van der Waals surface area contributed by atoms with E-state index in [0.717, 1.165) is 0 Å². The molecule has 1 unspecified atom stereocenters. The number of hydrogen-bond acceptors (Lipinski definition) is 13. The van der Waals surface area contributed by atoms with Gasteiger partial charge in [0.1, 0.15) is 0 Å². The van der Waals surface area contributed by atoms with Gasteiger partial charge in [-0.15, -0.1) is 0 Å². The lowest BCUT2D eigenvalue weighted by atomic mass is 10.1. The Hall–Kier alpha value is -2.89. The van der Waals surface area contributed by atoms with Crippen molar-refractivity contribution in [1.82, 2.24) is 0 Å². The minimum Gasteiger partial charge on any atom is -0.457 e. The monoisotopic (exact) mass is 506 g/mol. The summed E-state index contributed by atoms with van der Waals surface area (Å²) in [5, 5.41) is 0. The molecule has 0 saturated carbocycles. The van der Waals surface area contributed by atoms with E-state index in [0.29, 0.717) is 0 Å². The maximum atomic E-state index is 13.0. The summed E-state index contributed by atoms with van der Waals surface area (Å²) in [6, 6.07) is 0. The second kappa shape index (κ2) is 12.5. The van der Waals surface area contributed by atoms with Gasteiger partial charge in [0, 0.05) is 6.42 Å².